The number of hydrogen-bond donors (Lipinski definition) is 0. The largest absolute Gasteiger partial charge is 0.468 e. The van der Waals surface area contributed by atoms with Crippen molar-refractivity contribution >= 4 is 5.97 Å². The van der Waals surface area contributed by atoms with Gasteiger partial charge in [0.25, 0.3) is 0 Å². The van der Waals surface area contributed by atoms with Crippen molar-refractivity contribution in [2.75, 3.05) is 46.8 Å². The normalized spacial score (nSPS) is 18.5. The Morgan fingerprint density at radius 3 is 1.78 bits per heavy atom. The molecule has 0 radical (unpaired) electrons. The Bertz CT molecular complexity index is 1820. The highest BCUT2D eigenvalue weighted by Crippen LogP contribution is 2.53. The van der Waals surface area contributed by atoms with Crippen LogP contribution in [0.5, 0.6) is 28.7 Å². The van der Waals surface area contributed by atoms with Crippen LogP contribution in [0.25, 0.3) is 11.1 Å². The fourth-order valence-electron chi connectivity index (χ4n) is 5.33. The monoisotopic (exact) mass is 698 g/mol. The molecule has 2 heterocycles. The van der Waals surface area contributed by atoms with Crippen molar-refractivity contribution in [1.29, 1.82) is 0 Å². The number of rotatable bonds is 16. The van der Waals surface area contributed by atoms with Crippen molar-refractivity contribution in [2.45, 2.75) is 24.3 Å². The van der Waals surface area contributed by atoms with E-state index >= 15 is 0 Å². The lowest BCUT2D eigenvalue weighted by Gasteiger charge is -2.18. The molecule has 0 amide bonds. The van der Waals surface area contributed by atoms with Gasteiger partial charge >= 0.3 is 12.1 Å². The minimum atomic E-state index is -4.67. The van der Waals surface area contributed by atoms with E-state index in [2.05, 4.69) is 0 Å². The molecule has 0 spiro atoms. The van der Waals surface area contributed by atoms with Crippen LogP contribution in [-0.2, 0) is 18.9 Å². The predicted octanol–water partition coefficient (Wildman–Crippen LogP) is 6.64. The molecule has 3 unspecified atom stereocenters. The summed E-state index contributed by atoms with van der Waals surface area (Å²) in [5.41, 5.74) is 0.771. The second-order valence-electron chi connectivity index (χ2n) is 11.6. The molecule has 4 aromatic rings. The van der Waals surface area contributed by atoms with E-state index < -0.39 is 30.7 Å². The van der Waals surface area contributed by atoms with Gasteiger partial charge in [-0.05, 0) is 82.9 Å². The maximum Gasteiger partial charge on any atom is 0.399 e. The van der Waals surface area contributed by atoms with Gasteiger partial charge in [-0.25, -0.2) is 9.18 Å². The molecule has 4 aromatic carbocycles. The number of epoxide rings is 2. The minimum Gasteiger partial charge on any atom is -0.468 e. The zero-order valence-electron chi connectivity index (χ0n) is 26.3. The number of fused-ring (bicyclic) bond motifs is 3. The Morgan fingerprint density at radius 2 is 1.18 bits per heavy atom. The molecular formula is C36H30F4O10. The van der Waals surface area contributed by atoms with E-state index in [0.717, 1.165) is 6.07 Å². The topological polar surface area (TPSA) is 107 Å². The fraction of sp³-hybridized carbons (Fsp3) is 0.306. The molecule has 50 heavy (non-hydrogen) atoms. The Hall–Kier alpha value is -4.89. The second kappa shape index (κ2) is 14.5. The van der Waals surface area contributed by atoms with Crippen LogP contribution in [0.1, 0.15) is 27.4 Å². The van der Waals surface area contributed by atoms with Gasteiger partial charge in [0.15, 0.2) is 25.2 Å². The fourth-order valence-corrected chi connectivity index (χ4v) is 5.33. The van der Waals surface area contributed by atoms with E-state index in [4.69, 9.17) is 42.6 Å². The van der Waals surface area contributed by atoms with Gasteiger partial charge in [-0.2, -0.15) is 13.2 Å². The molecule has 1 aliphatic carbocycles. The van der Waals surface area contributed by atoms with Crippen molar-refractivity contribution < 1.29 is 65.0 Å². The predicted molar refractivity (Wildman–Crippen MR) is 166 cm³/mol. The molecule has 0 bridgehead atoms. The first-order valence-corrected chi connectivity index (χ1v) is 15.6. The first-order valence-electron chi connectivity index (χ1n) is 15.6. The summed E-state index contributed by atoms with van der Waals surface area (Å²) in [6, 6.07) is 18.5. The van der Waals surface area contributed by atoms with Crippen LogP contribution in [0.2, 0.25) is 0 Å². The summed E-state index contributed by atoms with van der Waals surface area (Å²) in [4.78, 5) is 12.8. The number of benzene rings is 4. The molecule has 2 saturated heterocycles. The summed E-state index contributed by atoms with van der Waals surface area (Å²) >= 11 is 0. The van der Waals surface area contributed by atoms with Crippen molar-refractivity contribution in [3.8, 4) is 39.9 Å². The van der Waals surface area contributed by atoms with Crippen molar-refractivity contribution in [3.05, 3.63) is 101 Å². The van der Waals surface area contributed by atoms with Gasteiger partial charge in [-0.1, -0.05) is 12.1 Å². The van der Waals surface area contributed by atoms with Gasteiger partial charge in [-0.3, -0.25) is 0 Å². The van der Waals surface area contributed by atoms with E-state index in [1.54, 1.807) is 12.1 Å². The molecule has 14 heteroatoms. The van der Waals surface area contributed by atoms with Crippen LogP contribution in [0.3, 0.4) is 0 Å². The second-order valence-corrected chi connectivity index (χ2v) is 11.6. The van der Waals surface area contributed by atoms with Crippen LogP contribution in [0, 0.1) is 5.82 Å². The third-order valence-electron chi connectivity index (χ3n) is 7.96. The van der Waals surface area contributed by atoms with E-state index in [-0.39, 0.29) is 65.5 Å². The smallest absolute Gasteiger partial charge is 0.399 e. The maximum absolute atomic E-state index is 14.5. The highest BCUT2D eigenvalue weighted by molar-refractivity contribution is 5.91. The molecule has 3 aliphatic rings. The third kappa shape index (κ3) is 8.28. The average molecular weight is 699 g/mol. The maximum atomic E-state index is 14.5. The van der Waals surface area contributed by atoms with E-state index in [1.165, 1.54) is 60.7 Å². The number of carbonyl (C=O) groups is 1. The Balaban J connectivity index is 0.963. The summed E-state index contributed by atoms with van der Waals surface area (Å²) in [5.74, 6) is -2.88. The van der Waals surface area contributed by atoms with Gasteiger partial charge in [0.05, 0.1) is 32.0 Å². The molecular weight excluding hydrogens is 668 g/mol. The van der Waals surface area contributed by atoms with Crippen molar-refractivity contribution in [1.82, 2.24) is 0 Å². The van der Waals surface area contributed by atoms with Gasteiger partial charge in [-0.15, -0.1) is 0 Å². The number of esters is 1. The number of halogens is 4. The molecule has 0 N–H and O–H groups in total. The van der Waals surface area contributed by atoms with E-state index in [9.17, 15) is 22.4 Å². The summed E-state index contributed by atoms with van der Waals surface area (Å²) in [6.07, 6.45) is -4.49. The molecule has 2 fully saturated rings. The van der Waals surface area contributed by atoms with Gasteiger partial charge in [0.2, 0.25) is 6.79 Å². The number of hydrogen-bond acceptors (Lipinski definition) is 10. The lowest BCUT2D eigenvalue weighted by molar-refractivity contribution is -0.140. The van der Waals surface area contributed by atoms with Crippen molar-refractivity contribution in [3.63, 3.8) is 0 Å². The van der Waals surface area contributed by atoms with Gasteiger partial charge < -0.3 is 42.6 Å². The summed E-state index contributed by atoms with van der Waals surface area (Å²) in [5, 5.41) is 0. The number of carbonyl (C=O) groups excluding carboxylic acids is 1. The molecule has 7 rings (SSSR count). The lowest BCUT2D eigenvalue weighted by atomic mass is 9.96. The quantitative estimate of drug-likeness (QED) is 0.0316. The molecule has 3 atom stereocenters. The van der Waals surface area contributed by atoms with Gasteiger partial charge in [0, 0.05) is 6.07 Å². The van der Waals surface area contributed by atoms with Crippen LogP contribution < -0.4 is 23.7 Å². The third-order valence-corrected chi connectivity index (χ3v) is 7.96. The van der Waals surface area contributed by atoms with Gasteiger partial charge in [0.1, 0.15) is 41.1 Å². The highest BCUT2D eigenvalue weighted by Gasteiger charge is 2.47. The average Bonchev–Trinajstić information content (AvgIpc) is 4.04. The highest BCUT2D eigenvalue weighted by atomic mass is 19.4. The van der Waals surface area contributed by atoms with Crippen LogP contribution in [0.4, 0.5) is 17.6 Å². The minimum absolute atomic E-state index is 0.0158. The SMILES string of the molecule is O=C(Oc1ccc2c(c1)C(C(F)(F)F)c1cc(OCOc3ccc(OCOCC4CO4)cc3F)ccc1-2)c1ccc(OCOCC2CO2)cc1. The summed E-state index contributed by atoms with van der Waals surface area (Å²) < 4.78 is 106. The lowest BCUT2D eigenvalue weighted by Crippen LogP contribution is -2.20. The molecule has 262 valence electrons. The first kappa shape index (κ1) is 33.6. The zero-order valence-corrected chi connectivity index (χ0v) is 26.3. The van der Waals surface area contributed by atoms with E-state index in [0.29, 0.717) is 43.3 Å². The molecule has 0 saturated carbocycles. The van der Waals surface area contributed by atoms with E-state index in [1.807, 2.05) is 0 Å². The van der Waals surface area contributed by atoms with Crippen LogP contribution in [-0.4, -0.2) is 71.2 Å². The zero-order chi connectivity index (χ0) is 34.7. The number of alkyl halides is 3. The molecule has 10 nitrogen and oxygen atoms in total. The van der Waals surface area contributed by atoms with Crippen LogP contribution in [0.15, 0.2) is 78.9 Å². The Labute approximate surface area is 283 Å². The number of ether oxygens (including phenoxy) is 9. The Kier molecular flexibility index (Phi) is 9.76. The summed E-state index contributed by atoms with van der Waals surface area (Å²) in [7, 11) is 0. The Morgan fingerprint density at radius 1 is 0.660 bits per heavy atom. The van der Waals surface area contributed by atoms with Crippen LogP contribution >= 0.6 is 0 Å². The molecule has 2 aliphatic heterocycles. The molecule has 0 aromatic heterocycles. The summed E-state index contributed by atoms with van der Waals surface area (Å²) in [6.45, 7) is 1.60. The van der Waals surface area contributed by atoms with Crippen molar-refractivity contribution in [2.24, 2.45) is 0 Å². The standard InChI is InChI=1S/C36H30F4O10/c37-32-13-24(47-19-43-15-27-17-45-27)7-10-33(32)49-20-48-23-5-8-28-29-9-6-25(12-31(29)34(30(28)11-23)36(38,39)40)50-35(41)21-1-3-22(4-2-21)46-18-42-14-26-16-44-26/h1-13,26-27,34H,14-20H2. The first-order chi connectivity index (χ1) is 24.2.